The lowest BCUT2D eigenvalue weighted by Gasteiger charge is -2.27. The van der Waals surface area contributed by atoms with E-state index >= 15 is 0 Å². The number of pyridine rings is 1. The van der Waals surface area contributed by atoms with Crippen molar-refractivity contribution in [2.24, 2.45) is 0 Å². The lowest BCUT2D eigenvalue weighted by atomic mass is 10.1. The first-order chi connectivity index (χ1) is 12.7. The smallest absolute Gasteiger partial charge is 0.261 e. The Balaban J connectivity index is 1.36. The molecule has 2 aromatic rings. The Morgan fingerprint density at radius 2 is 1.96 bits per heavy atom. The summed E-state index contributed by atoms with van der Waals surface area (Å²) in [5, 5.41) is 7.47. The molecule has 2 aromatic heterocycles. The number of piperidine rings is 1. The highest BCUT2D eigenvalue weighted by molar-refractivity contribution is 7.12. The van der Waals surface area contributed by atoms with Crippen LogP contribution in [0.5, 0.6) is 0 Å². The fraction of sp³-hybridized carbons (Fsp3) is 0.421. The van der Waals surface area contributed by atoms with E-state index in [9.17, 15) is 9.59 Å². The van der Waals surface area contributed by atoms with Crippen molar-refractivity contribution < 1.29 is 9.59 Å². The molecule has 7 heteroatoms. The molecule has 0 aromatic carbocycles. The highest BCUT2D eigenvalue weighted by Crippen LogP contribution is 2.17. The van der Waals surface area contributed by atoms with E-state index < -0.39 is 0 Å². The zero-order valence-electron chi connectivity index (χ0n) is 14.7. The number of nitrogens with one attached hydrogen (secondary N) is 2. The highest BCUT2D eigenvalue weighted by Gasteiger charge is 2.12. The molecule has 0 atom stereocenters. The van der Waals surface area contributed by atoms with Gasteiger partial charge >= 0.3 is 0 Å². The number of hydrogen-bond donors (Lipinski definition) is 2. The van der Waals surface area contributed by atoms with Crippen LogP contribution in [0.3, 0.4) is 0 Å². The van der Waals surface area contributed by atoms with E-state index in [1.165, 1.54) is 30.6 Å². The molecule has 0 radical (unpaired) electrons. The summed E-state index contributed by atoms with van der Waals surface area (Å²) in [4.78, 5) is 31.2. The average molecular weight is 372 g/mol. The van der Waals surface area contributed by atoms with E-state index in [0.29, 0.717) is 18.0 Å². The Labute approximate surface area is 157 Å². The molecule has 138 valence electrons. The molecule has 1 saturated heterocycles. The Morgan fingerprint density at radius 1 is 1.12 bits per heavy atom. The predicted molar refractivity (Wildman–Crippen MR) is 103 cm³/mol. The van der Waals surface area contributed by atoms with E-state index in [0.717, 1.165) is 24.5 Å². The number of thiophene rings is 1. The first-order valence-electron chi connectivity index (χ1n) is 9.00. The summed E-state index contributed by atoms with van der Waals surface area (Å²) in [5.41, 5.74) is 0.974. The molecule has 0 saturated carbocycles. The maximum absolute atomic E-state index is 11.9. The van der Waals surface area contributed by atoms with Gasteiger partial charge in [-0.15, -0.1) is 11.3 Å². The number of carbonyl (C=O) groups is 2. The van der Waals surface area contributed by atoms with Gasteiger partial charge in [0.15, 0.2) is 0 Å². The third-order valence-electron chi connectivity index (χ3n) is 4.36. The van der Waals surface area contributed by atoms with Crippen LogP contribution in [-0.2, 0) is 11.3 Å². The molecule has 2 N–H and O–H groups in total. The highest BCUT2D eigenvalue weighted by atomic mass is 32.1. The second kappa shape index (κ2) is 9.33. The lowest BCUT2D eigenvalue weighted by molar-refractivity contribution is -0.121. The second-order valence-corrected chi connectivity index (χ2v) is 7.28. The number of rotatable bonds is 7. The summed E-state index contributed by atoms with van der Waals surface area (Å²) >= 11 is 1.39. The van der Waals surface area contributed by atoms with Gasteiger partial charge < -0.3 is 15.5 Å². The quantitative estimate of drug-likeness (QED) is 0.783. The molecule has 0 unspecified atom stereocenters. The normalized spacial score (nSPS) is 14.1. The molecule has 0 aliphatic carbocycles. The first-order valence-corrected chi connectivity index (χ1v) is 9.88. The third-order valence-corrected chi connectivity index (χ3v) is 5.23. The zero-order valence-corrected chi connectivity index (χ0v) is 15.6. The Morgan fingerprint density at radius 3 is 2.65 bits per heavy atom. The van der Waals surface area contributed by atoms with Crippen LogP contribution < -0.4 is 15.5 Å². The van der Waals surface area contributed by atoms with Crippen molar-refractivity contribution >= 4 is 29.0 Å². The molecule has 3 heterocycles. The first kappa shape index (κ1) is 18.4. The van der Waals surface area contributed by atoms with Crippen molar-refractivity contribution in [1.29, 1.82) is 0 Å². The monoisotopic (exact) mass is 372 g/mol. The molecule has 3 rings (SSSR count). The van der Waals surface area contributed by atoms with Crippen molar-refractivity contribution in [2.45, 2.75) is 32.2 Å². The maximum atomic E-state index is 11.9. The number of anilines is 1. The van der Waals surface area contributed by atoms with E-state index in [1.54, 1.807) is 6.07 Å². The number of nitrogens with zero attached hydrogens (tertiary/aromatic N) is 2. The van der Waals surface area contributed by atoms with E-state index in [1.807, 2.05) is 29.8 Å². The van der Waals surface area contributed by atoms with Crippen molar-refractivity contribution in [1.82, 2.24) is 15.6 Å². The topological polar surface area (TPSA) is 74.3 Å². The van der Waals surface area contributed by atoms with Gasteiger partial charge in [0.1, 0.15) is 5.82 Å². The average Bonchev–Trinajstić information content (AvgIpc) is 3.22. The van der Waals surface area contributed by atoms with Gasteiger partial charge in [-0.25, -0.2) is 4.98 Å². The molecular formula is C19H24N4O2S. The predicted octanol–water partition coefficient (Wildman–Crippen LogP) is 2.57. The molecule has 0 bridgehead atoms. The molecule has 0 spiro atoms. The third kappa shape index (κ3) is 5.29. The fourth-order valence-corrected chi connectivity index (χ4v) is 3.54. The van der Waals surface area contributed by atoms with Crippen LogP contribution in [0, 0.1) is 0 Å². The largest absolute Gasteiger partial charge is 0.357 e. The van der Waals surface area contributed by atoms with Gasteiger partial charge in [0.05, 0.1) is 4.88 Å². The van der Waals surface area contributed by atoms with Crippen molar-refractivity contribution in [3.05, 3.63) is 46.3 Å². The molecule has 1 fully saturated rings. The van der Waals surface area contributed by atoms with Crippen molar-refractivity contribution in [3.63, 3.8) is 0 Å². The number of amides is 2. The summed E-state index contributed by atoms with van der Waals surface area (Å²) in [6.07, 6.45) is 5.83. The van der Waals surface area contributed by atoms with Gasteiger partial charge in [0.25, 0.3) is 5.91 Å². The van der Waals surface area contributed by atoms with Crippen LogP contribution in [-0.4, -0.2) is 36.4 Å². The van der Waals surface area contributed by atoms with E-state index in [2.05, 4.69) is 20.5 Å². The van der Waals surface area contributed by atoms with Gasteiger partial charge in [-0.2, -0.15) is 0 Å². The van der Waals surface area contributed by atoms with E-state index in [-0.39, 0.29) is 18.2 Å². The van der Waals surface area contributed by atoms with Crippen LogP contribution in [0.15, 0.2) is 35.8 Å². The van der Waals surface area contributed by atoms with Gasteiger partial charge in [-0.05, 0) is 42.3 Å². The summed E-state index contributed by atoms with van der Waals surface area (Å²) in [7, 11) is 0. The Kier molecular flexibility index (Phi) is 6.60. The Bertz CT molecular complexity index is 710. The standard InChI is InChI=1S/C19H24N4O2S/c24-18(8-9-20-19(25)16-5-4-12-26-16)22-14-15-6-7-17(21-13-15)23-10-2-1-3-11-23/h4-7,12-13H,1-3,8-11,14H2,(H,20,25)(H,22,24). The molecule has 6 nitrogen and oxygen atoms in total. The minimum absolute atomic E-state index is 0.0865. The number of aromatic nitrogens is 1. The van der Waals surface area contributed by atoms with Crippen LogP contribution >= 0.6 is 11.3 Å². The lowest BCUT2D eigenvalue weighted by Crippen LogP contribution is -2.30. The van der Waals surface area contributed by atoms with Crippen LogP contribution in [0.2, 0.25) is 0 Å². The summed E-state index contributed by atoms with van der Waals surface area (Å²) in [6.45, 7) is 2.92. The SMILES string of the molecule is O=C(CCNC(=O)c1cccs1)NCc1ccc(N2CCCCC2)nc1. The fourth-order valence-electron chi connectivity index (χ4n) is 2.90. The number of carbonyl (C=O) groups excluding carboxylic acids is 2. The minimum Gasteiger partial charge on any atom is -0.357 e. The molecular weight excluding hydrogens is 348 g/mol. The van der Waals surface area contributed by atoms with Gasteiger partial charge in [-0.1, -0.05) is 12.1 Å². The van der Waals surface area contributed by atoms with Crippen LogP contribution in [0.4, 0.5) is 5.82 Å². The summed E-state index contributed by atoms with van der Waals surface area (Å²) < 4.78 is 0. The van der Waals surface area contributed by atoms with Crippen molar-refractivity contribution in [2.75, 3.05) is 24.5 Å². The second-order valence-electron chi connectivity index (χ2n) is 6.33. The molecule has 1 aliphatic rings. The van der Waals surface area contributed by atoms with Gasteiger partial charge in [0, 0.05) is 38.8 Å². The summed E-state index contributed by atoms with van der Waals surface area (Å²) in [5.74, 6) is 0.790. The van der Waals surface area contributed by atoms with Crippen LogP contribution in [0.25, 0.3) is 0 Å². The van der Waals surface area contributed by atoms with Gasteiger partial charge in [0.2, 0.25) is 5.91 Å². The molecule has 1 aliphatic heterocycles. The zero-order chi connectivity index (χ0) is 18.2. The Hall–Kier alpha value is -2.41. The van der Waals surface area contributed by atoms with Crippen molar-refractivity contribution in [3.8, 4) is 0 Å². The van der Waals surface area contributed by atoms with E-state index in [4.69, 9.17) is 0 Å². The minimum atomic E-state index is -0.134. The molecule has 26 heavy (non-hydrogen) atoms. The molecule has 2 amide bonds. The van der Waals surface area contributed by atoms with Crippen LogP contribution in [0.1, 0.15) is 40.9 Å². The maximum Gasteiger partial charge on any atom is 0.261 e. The number of hydrogen-bond acceptors (Lipinski definition) is 5. The summed E-state index contributed by atoms with van der Waals surface area (Å²) in [6, 6.07) is 7.63. The van der Waals surface area contributed by atoms with Gasteiger partial charge in [-0.3, -0.25) is 9.59 Å².